The number of halogens is 3. The van der Waals surface area contributed by atoms with Crippen LogP contribution in [0, 0.1) is 6.92 Å². The first-order valence-corrected chi connectivity index (χ1v) is 11.9. The van der Waals surface area contributed by atoms with Crippen molar-refractivity contribution >= 4 is 40.6 Å². The van der Waals surface area contributed by atoms with Crippen molar-refractivity contribution in [2.24, 2.45) is 0 Å². The second-order valence-corrected chi connectivity index (χ2v) is 9.23. The van der Waals surface area contributed by atoms with Crippen molar-refractivity contribution in [2.45, 2.75) is 19.7 Å². The predicted molar refractivity (Wildman–Crippen MR) is 135 cm³/mol. The summed E-state index contributed by atoms with van der Waals surface area (Å²) in [6.07, 6.45) is -3.04. The summed E-state index contributed by atoms with van der Waals surface area (Å²) in [5.41, 5.74) is 1.81. The molecule has 4 rings (SSSR count). The minimum absolute atomic E-state index is 0.0907. The molecule has 1 fully saturated rings. The van der Waals surface area contributed by atoms with Crippen molar-refractivity contribution in [2.75, 3.05) is 11.9 Å². The Morgan fingerprint density at radius 2 is 1.76 bits per heavy atom. The molecule has 3 amide bonds. The van der Waals surface area contributed by atoms with E-state index in [-0.39, 0.29) is 10.6 Å². The number of carbonyl (C=O) groups excluding carboxylic acids is 3. The molecule has 190 valence electrons. The minimum atomic E-state index is -4.57. The van der Waals surface area contributed by atoms with Crippen LogP contribution in [0.15, 0.2) is 77.7 Å². The first-order valence-electron chi connectivity index (χ1n) is 11.1. The maximum absolute atomic E-state index is 12.9. The van der Waals surface area contributed by atoms with Crippen LogP contribution < -0.4 is 10.1 Å². The monoisotopic (exact) mass is 526 g/mol. The van der Waals surface area contributed by atoms with E-state index in [1.54, 1.807) is 24.3 Å². The number of hydrogen-bond acceptors (Lipinski definition) is 5. The lowest BCUT2D eigenvalue weighted by Gasteiger charge is -2.13. The van der Waals surface area contributed by atoms with Gasteiger partial charge in [-0.15, -0.1) is 0 Å². The highest BCUT2D eigenvalue weighted by molar-refractivity contribution is 8.18. The molecule has 0 radical (unpaired) electrons. The summed E-state index contributed by atoms with van der Waals surface area (Å²) < 4.78 is 44.4. The number of carbonyl (C=O) groups is 3. The number of rotatable bonds is 7. The molecule has 3 aromatic carbocycles. The summed E-state index contributed by atoms with van der Waals surface area (Å²) in [4.78, 5) is 38.2. The van der Waals surface area contributed by atoms with E-state index in [1.165, 1.54) is 12.1 Å². The van der Waals surface area contributed by atoms with E-state index in [2.05, 4.69) is 5.32 Å². The summed E-state index contributed by atoms with van der Waals surface area (Å²) in [5, 5.41) is 1.65. The zero-order valence-corrected chi connectivity index (χ0v) is 20.4. The zero-order chi connectivity index (χ0) is 26.6. The van der Waals surface area contributed by atoms with Gasteiger partial charge in [0.05, 0.1) is 10.5 Å². The predicted octanol–water partition coefficient (Wildman–Crippen LogP) is 6.27. The van der Waals surface area contributed by atoms with Gasteiger partial charge in [0, 0.05) is 5.69 Å². The van der Waals surface area contributed by atoms with Gasteiger partial charge in [-0.25, -0.2) is 0 Å². The third kappa shape index (κ3) is 6.79. The van der Waals surface area contributed by atoms with Crippen LogP contribution in [0.2, 0.25) is 0 Å². The molecule has 1 aliphatic rings. The fraction of sp³-hybridized carbons (Fsp3) is 0.148. The first kappa shape index (κ1) is 26.0. The minimum Gasteiger partial charge on any atom is -0.489 e. The van der Waals surface area contributed by atoms with E-state index in [0.717, 1.165) is 34.2 Å². The van der Waals surface area contributed by atoms with Crippen LogP contribution in [0.25, 0.3) is 6.08 Å². The van der Waals surface area contributed by atoms with E-state index in [0.29, 0.717) is 29.7 Å². The smallest absolute Gasteiger partial charge is 0.416 e. The van der Waals surface area contributed by atoms with Crippen molar-refractivity contribution in [3.63, 3.8) is 0 Å². The second-order valence-electron chi connectivity index (χ2n) is 8.24. The Hall–Kier alpha value is -4.05. The molecule has 6 nitrogen and oxygen atoms in total. The van der Waals surface area contributed by atoms with Crippen LogP contribution >= 0.6 is 11.8 Å². The van der Waals surface area contributed by atoms with Crippen LogP contribution in [0.5, 0.6) is 5.75 Å². The lowest BCUT2D eigenvalue weighted by molar-refractivity contribution is -0.137. The normalized spacial score (nSPS) is 14.8. The van der Waals surface area contributed by atoms with Crippen LogP contribution in [-0.2, 0) is 22.4 Å². The topological polar surface area (TPSA) is 75.7 Å². The first-order chi connectivity index (χ1) is 17.6. The number of nitrogens with zero attached hydrogens (tertiary/aromatic N) is 1. The third-order valence-electron chi connectivity index (χ3n) is 5.31. The van der Waals surface area contributed by atoms with E-state index >= 15 is 0 Å². The Bertz CT molecular complexity index is 1370. The van der Waals surface area contributed by atoms with Gasteiger partial charge in [0.1, 0.15) is 18.9 Å². The maximum Gasteiger partial charge on any atom is 0.416 e. The lowest BCUT2D eigenvalue weighted by atomic mass is 10.1. The zero-order valence-electron chi connectivity index (χ0n) is 19.5. The molecular weight excluding hydrogens is 505 g/mol. The molecule has 0 unspecified atom stereocenters. The van der Waals surface area contributed by atoms with Crippen LogP contribution in [-0.4, -0.2) is 28.5 Å². The second kappa shape index (κ2) is 10.9. The Balaban J connectivity index is 1.36. The van der Waals surface area contributed by atoms with E-state index in [4.69, 9.17) is 4.74 Å². The van der Waals surface area contributed by atoms with E-state index in [9.17, 15) is 27.6 Å². The quantitative estimate of drug-likeness (QED) is 0.368. The van der Waals surface area contributed by atoms with Crippen LogP contribution in [0.3, 0.4) is 0 Å². The summed E-state index contributed by atoms with van der Waals surface area (Å²) in [6, 6.07) is 19.0. The SMILES string of the molecule is Cc1cccc(COc2ccc(/C=C3\SC(=O)N(CC(=O)Nc4cccc(C(F)(F)F)c4)C3=O)cc2)c1. The molecule has 0 saturated carbocycles. The van der Waals surface area contributed by atoms with Gasteiger partial charge in [-0.3, -0.25) is 19.3 Å². The Morgan fingerprint density at radius 3 is 2.46 bits per heavy atom. The Morgan fingerprint density at radius 1 is 1.03 bits per heavy atom. The van der Waals surface area contributed by atoms with Gasteiger partial charge < -0.3 is 10.1 Å². The molecule has 0 bridgehead atoms. The van der Waals surface area contributed by atoms with Crippen LogP contribution in [0.4, 0.5) is 23.7 Å². The average molecular weight is 527 g/mol. The van der Waals surface area contributed by atoms with Gasteiger partial charge in [0.15, 0.2) is 0 Å². The van der Waals surface area contributed by atoms with Gasteiger partial charge >= 0.3 is 6.18 Å². The maximum atomic E-state index is 12.9. The summed E-state index contributed by atoms with van der Waals surface area (Å²) in [7, 11) is 0. The molecule has 0 atom stereocenters. The number of hydrogen-bond donors (Lipinski definition) is 1. The molecule has 0 spiro atoms. The number of thioether (sulfide) groups is 1. The number of anilines is 1. The highest BCUT2D eigenvalue weighted by Gasteiger charge is 2.36. The highest BCUT2D eigenvalue weighted by Crippen LogP contribution is 2.33. The third-order valence-corrected chi connectivity index (χ3v) is 6.22. The molecule has 1 saturated heterocycles. The van der Waals surface area contributed by atoms with Gasteiger partial charge in [-0.1, -0.05) is 48.0 Å². The molecule has 10 heteroatoms. The van der Waals surface area contributed by atoms with Crippen molar-refractivity contribution in [1.82, 2.24) is 4.90 Å². The van der Waals surface area contributed by atoms with Crippen molar-refractivity contribution in [1.29, 1.82) is 0 Å². The fourth-order valence-corrected chi connectivity index (χ4v) is 4.37. The number of ether oxygens (including phenoxy) is 1. The highest BCUT2D eigenvalue weighted by atomic mass is 32.2. The number of nitrogens with one attached hydrogen (secondary N) is 1. The molecule has 37 heavy (non-hydrogen) atoms. The van der Waals surface area contributed by atoms with Gasteiger partial charge in [-0.2, -0.15) is 13.2 Å². The van der Waals surface area contributed by atoms with E-state index in [1.807, 2.05) is 31.2 Å². The molecule has 0 aliphatic carbocycles. The van der Waals surface area contributed by atoms with Crippen molar-refractivity contribution < 1.29 is 32.3 Å². The van der Waals surface area contributed by atoms with E-state index < -0.39 is 35.3 Å². The van der Waals surface area contributed by atoms with Gasteiger partial charge in [0.25, 0.3) is 11.1 Å². The molecule has 1 N–H and O–H groups in total. The van der Waals surface area contributed by atoms with Crippen LogP contribution in [0.1, 0.15) is 22.3 Å². The number of aryl methyl sites for hydroxylation is 1. The lowest BCUT2D eigenvalue weighted by Crippen LogP contribution is -2.36. The van der Waals surface area contributed by atoms with Crippen molar-refractivity contribution in [3.05, 3.63) is 100.0 Å². The molecule has 3 aromatic rings. The molecule has 1 heterocycles. The molecular formula is C27H21F3N2O4S. The summed E-state index contributed by atoms with van der Waals surface area (Å²) in [6.45, 7) is 1.79. The summed E-state index contributed by atoms with van der Waals surface area (Å²) >= 11 is 0.682. The van der Waals surface area contributed by atoms with Crippen molar-refractivity contribution in [3.8, 4) is 5.75 Å². The largest absolute Gasteiger partial charge is 0.489 e. The number of amides is 3. The standard InChI is InChI=1S/C27H21F3N2O4S/c1-17-4-2-5-19(12-17)16-36-22-10-8-18(9-11-22)13-23-25(34)32(26(35)37-23)15-24(33)31-21-7-3-6-20(14-21)27(28,29)30/h2-14H,15-16H2,1H3,(H,31,33)/b23-13-. The molecule has 0 aromatic heterocycles. The fourth-order valence-electron chi connectivity index (χ4n) is 3.53. The Kier molecular flexibility index (Phi) is 7.68. The number of benzene rings is 3. The number of imide groups is 1. The van der Waals surface area contributed by atoms with Gasteiger partial charge in [-0.05, 0) is 66.2 Å². The number of alkyl halides is 3. The van der Waals surface area contributed by atoms with Gasteiger partial charge in [0.2, 0.25) is 5.91 Å². The summed E-state index contributed by atoms with van der Waals surface area (Å²) in [5.74, 6) is -0.815. The molecule has 1 aliphatic heterocycles. The Labute approximate surface area is 215 Å². The average Bonchev–Trinajstić information content (AvgIpc) is 3.10.